The molecule has 3 aromatic carbocycles. The normalized spacial score (nSPS) is 17.0. The van der Waals surface area contributed by atoms with Gasteiger partial charge in [-0.2, -0.15) is 0 Å². The maximum absolute atomic E-state index is 12.5. The number of nitrogens with one attached hydrogen (secondary N) is 2. The number of piperazine rings is 1. The SMILES string of the molecule is COc1cc2ccccc2cc1C1=N/C(=C/N2CCN(C(=N)Nc3ccccc3)CC2)C(=O)O1. The highest BCUT2D eigenvalue weighted by Crippen LogP contribution is 2.29. The van der Waals surface area contributed by atoms with Crippen molar-refractivity contribution >= 4 is 34.3 Å². The fourth-order valence-corrected chi connectivity index (χ4v) is 4.05. The second kappa shape index (κ2) is 9.27. The summed E-state index contributed by atoms with van der Waals surface area (Å²) >= 11 is 0. The Balaban J connectivity index is 1.28. The van der Waals surface area contributed by atoms with E-state index in [1.807, 2.05) is 76.5 Å². The number of rotatable bonds is 4. The van der Waals surface area contributed by atoms with Gasteiger partial charge in [-0.1, -0.05) is 42.5 Å². The van der Waals surface area contributed by atoms with Crippen LogP contribution in [0.1, 0.15) is 5.56 Å². The first-order valence-corrected chi connectivity index (χ1v) is 11.1. The third kappa shape index (κ3) is 4.43. The number of hydrogen-bond acceptors (Lipinski definition) is 6. The van der Waals surface area contributed by atoms with Crippen LogP contribution in [0.5, 0.6) is 5.75 Å². The Morgan fingerprint density at radius 3 is 2.41 bits per heavy atom. The predicted molar refractivity (Wildman–Crippen MR) is 132 cm³/mol. The number of fused-ring (bicyclic) bond motifs is 1. The number of benzene rings is 3. The zero-order valence-electron chi connectivity index (χ0n) is 18.8. The lowest BCUT2D eigenvalue weighted by atomic mass is 10.1. The third-order valence-electron chi connectivity index (χ3n) is 5.89. The molecule has 0 saturated carbocycles. The van der Waals surface area contributed by atoms with E-state index in [2.05, 4.69) is 10.3 Å². The number of ether oxygens (including phenoxy) is 2. The lowest BCUT2D eigenvalue weighted by molar-refractivity contribution is -0.130. The van der Waals surface area contributed by atoms with Crippen LogP contribution in [-0.4, -0.2) is 60.9 Å². The molecule has 2 heterocycles. The Morgan fingerprint density at radius 1 is 1.03 bits per heavy atom. The minimum atomic E-state index is -0.480. The molecule has 34 heavy (non-hydrogen) atoms. The highest BCUT2D eigenvalue weighted by molar-refractivity contribution is 6.13. The zero-order valence-corrected chi connectivity index (χ0v) is 18.8. The molecule has 2 aliphatic heterocycles. The maximum atomic E-state index is 12.5. The largest absolute Gasteiger partial charge is 0.496 e. The predicted octanol–water partition coefficient (Wildman–Crippen LogP) is 3.66. The van der Waals surface area contributed by atoms with Crippen molar-refractivity contribution in [2.45, 2.75) is 0 Å². The molecule has 0 radical (unpaired) electrons. The molecule has 8 nitrogen and oxygen atoms in total. The minimum Gasteiger partial charge on any atom is -0.496 e. The average molecular weight is 456 g/mol. The number of para-hydroxylation sites is 1. The molecule has 0 bridgehead atoms. The molecule has 8 heteroatoms. The number of aliphatic imine (C=N–C) groups is 1. The van der Waals surface area contributed by atoms with E-state index in [1.54, 1.807) is 13.3 Å². The molecule has 2 aliphatic rings. The molecular weight excluding hydrogens is 430 g/mol. The lowest BCUT2D eigenvalue weighted by Gasteiger charge is -2.35. The van der Waals surface area contributed by atoms with Gasteiger partial charge in [0.15, 0.2) is 11.7 Å². The third-order valence-corrected chi connectivity index (χ3v) is 5.89. The van der Waals surface area contributed by atoms with Crippen LogP contribution in [0.4, 0.5) is 5.69 Å². The van der Waals surface area contributed by atoms with Crippen LogP contribution < -0.4 is 10.1 Å². The van der Waals surface area contributed by atoms with Crippen molar-refractivity contribution < 1.29 is 14.3 Å². The van der Waals surface area contributed by atoms with E-state index in [0.29, 0.717) is 43.5 Å². The number of carbonyl (C=O) groups is 1. The van der Waals surface area contributed by atoms with E-state index in [-0.39, 0.29) is 11.6 Å². The molecule has 0 amide bonds. The van der Waals surface area contributed by atoms with Gasteiger partial charge in [-0.05, 0) is 35.0 Å². The zero-order chi connectivity index (χ0) is 23.5. The van der Waals surface area contributed by atoms with Gasteiger partial charge < -0.3 is 24.6 Å². The number of esters is 1. The van der Waals surface area contributed by atoms with Crippen molar-refractivity contribution in [2.24, 2.45) is 4.99 Å². The van der Waals surface area contributed by atoms with Gasteiger partial charge in [0.05, 0.1) is 12.7 Å². The number of methoxy groups -OCH3 is 1. The highest BCUT2D eigenvalue weighted by atomic mass is 16.6. The molecule has 0 atom stereocenters. The second-order valence-corrected chi connectivity index (χ2v) is 8.08. The summed E-state index contributed by atoms with van der Waals surface area (Å²) in [6.07, 6.45) is 1.74. The lowest BCUT2D eigenvalue weighted by Crippen LogP contribution is -2.48. The first-order chi connectivity index (χ1) is 16.6. The Bertz CT molecular complexity index is 1290. The van der Waals surface area contributed by atoms with E-state index in [0.717, 1.165) is 16.5 Å². The van der Waals surface area contributed by atoms with Crippen LogP contribution in [-0.2, 0) is 9.53 Å². The summed E-state index contributed by atoms with van der Waals surface area (Å²) in [5.74, 6) is 0.726. The molecule has 3 aromatic rings. The van der Waals surface area contributed by atoms with Crippen LogP contribution in [0.3, 0.4) is 0 Å². The molecule has 0 spiro atoms. The Morgan fingerprint density at radius 2 is 1.71 bits per heavy atom. The van der Waals surface area contributed by atoms with E-state index < -0.39 is 5.97 Å². The van der Waals surface area contributed by atoms with Gasteiger partial charge in [-0.3, -0.25) is 5.41 Å². The smallest absolute Gasteiger partial charge is 0.365 e. The van der Waals surface area contributed by atoms with Crippen LogP contribution in [0, 0.1) is 5.41 Å². The van der Waals surface area contributed by atoms with Crippen LogP contribution >= 0.6 is 0 Å². The maximum Gasteiger partial charge on any atom is 0.365 e. The number of cyclic esters (lactones) is 1. The summed E-state index contributed by atoms with van der Waals surface area (Å²) in [6, 6.07) is 21.4. The van der Waals surface area contributed by atoms with Crippen molar-refractivity contribution in [2.75, 3.05) is 38.6 Å². The van der Waals surface area contributed by atoms with Gasteiger partial charge in [-0.25, -0.2) is 9.79 Å². The van der Waals surface area contributed by atoms with Crippen molar-refractivity contribution in [1.29, 1.82) is 5.41 Å². The fraction of sp³-hybridized carbons (Fsp3) is 0.192. The summed E-state index contributed by atoms with van der Waals surface area (Å²) in [5, 5.41) is 13.5. The molecule has 2 N–H and O–H groups in total. The van der Waals surface area contributed by atoms with Crippen LogP contribution in [0.2, 0.25) is 0 Å². The number of anilines is 1. The molecule has 172 valence electrons. The van der Waals surface area contributed by atoms with Gasteiger partial charge in [-0.15, -0.1) is 0 Å². The number of carbonyl (C=O) groups excluding carboxylic acids is 1. The Hall–Kier alpha value is -4.33. The van der Waals surface area contributed by atoms with Crippen molar-refractivity contribution in [1.82, 2.24) is 9.80 Å². The van der Waals surface area contributed by atoms with Gasteiger partial charge >= 0.3 is 5.97 Å². The topological polar surface area (TPSA) is 90.3 Å². The first-order valence-electron chi connectivity index (χ1n) is 11.1. The monoisotopic (exact) mass is 455 g/mol. The molecule has 0 unspecified atom stereocenters. The minimum absolute atomic E-state index is 0.242. The molecule has 0 aliphatic carbocycles. The van der Waals surface area contributed by atoms with E-state index >= 15 is 0 Å². The van der Waals surface area contributed by atoms with Crippen molar-refractivity contribution in [3.05, 3.63) is 84.2 Å². The number of guanidine groups is 1. The highest BCUT2D eigenvalue weighted by Gasteiger charge is 2.28. The van der Waals surface area contributed by atoms with E-state index in [9.17, 15) is 4.79 Å². The summed E-state index contributed by atoms with van der Waals surface area (Å²) in [4.78, 5) is 21.0. The molecule has 1 fully saturated rings. The Labute approximate surface area is 197 Å². The molecule has 0 aromatic heterocycles. The first kappa shape index (κ1) is 21.5. The number of nitrogens with zero attached hydrogens (tertiary/aromatic N) is 3. The van der Waals surface area contributed by atoms with Gasteiger partial charge in [0, 0.05) is 38.1 Å². The van der Waals surface area contributed by atoms with Crippen molar-refractivity contribution in [3.8, 4) is 5.75 Å². The van der Waals surface area contributed by atoms with Gasteiger partial charge in [0.25, 0.3) is 0 Å². The van der Waals surface area contributed by atoms with Crippen molar-refractivity contribution in [3.63, 3.8) is 0 Å². The molecule has 1 saturated heterocycles. The number of hydrogen-bond donors (Lipinski definition) is 2. The summed E-state index contributed by atoms with van der Waals surface area (Å²) in [7, 11) is 1.59. The quantitative estimate of drug-likeness (QED) is 0.270. The fourth-order valence-electron chi connectivity index (χ4n) is 4.05. The molecular formula is C26H25N5O3. The van der Waals surface area contributed by atoms with E-state index in [4.69, 9.17) is 14.9 Å². The van der Waals surface area contributed by atoms with Crippen LogP contribution in [0.15, 0.2) is 83.6 Å². The summed E-state index contributed by atoms with van der Waals surface area (Å²) in [5.41, 5.74) is 1.79. The van der Waals surface area contributed by atoms with Gasteiger partial charge in [0.2, 0.25) is 5.90 Å². The standard InChI is InChI=1S/C26H25N5O3/c1-33-23-16-19-8-6-5-7-18(19)15-21(23)24-29-22(25(32)34-24)17-30-11-13-31(14-12-30)26(27)28-20-9-3-2-4-10-20/h2-10,15-17H,11-14H2,1H3,(H2,27,28)/b22-17+. The average Bonchev–Trinajstić information content (AvgIpc) is 3.24. The van der Waals surface area contributed by atoms with E-state index in [1.165, 1.54) is 0 Å². The second-order valence-electron chi connectivity index (χ2n) is 8.08. The van der Waals surface area contributed by atoms with Gasteiger partial charge in [0.1, 0.15) is 5.75 Å². The summed E-state index contributed by atoms with van der Waals surface area (Å²) < 4.78 is 11.0. The summed E-state index contributed by atoms with van der Waals surface area (Å²) in [6.45, 7) is 2.65. The van der Waals surface area contributed by atoms with Crippen LogP contribution in [0.25, 0.3) is 10.8 Å². The molecule has 5 rings (SSSR count). The Kier molecular flexibility index (Phi) is 5.86.